The third kappa shape index (κ3) is 3.72. The average Bonchev–Trinajstić information content (AvgIpc) is 2.31. The normalized spacial score (nSPS) is 26.8. The first-order valence-electron chi connectivity index (χ1n) is 6.92. The predicted octanol–water partition coefficient (Wildman–Crippen LogP) is 1.27. The van der Waals surface area contributed by atoms with Crippen molar-refractivity contribution in [1.29, 1.82) is 0 Å². The Kier molecular flexibility index (Phi) is 4.62. The van der Waals surface area contributed by atoms with Crippen LogP contribution in [0.3, 0.4) is 0 Å². The van der Waals surface area contributed by atoms with E-state index in [-0.39, 0.29) is 0 Å². The van der Waals surface area contributed by atoms with Crippen molar-refractivity contribution in [2.24, 2.45) is 5.92 Å². The van der Waals surface area contributed by atoms with Gasteiger partial charge in [-0.15, -0.1) is 0 Å². The van der Waals surface area contributed by atoms with Crippen LogP contribution in [0, 0.1) is 5.92 Å². The van der Waals surface area contributed by atoms with E-state index in [4.69, 9.17) is 0 Å². The summed E-state index contributed by atoms with van der Waals surface area (Å²) in [5.74, 6) is 0.813. The lowest BCUT2D eigenvalue weighted by Gasteiger charge is -2.33. The molecule has 16 heavy (non-hydrogen) atoms. The van der Waals surface area contributed by atoms with Crippen molar-refractivity contribution in [3.05, 3.63) is 0 Å². The zero-order valence-corrected chi connectivity index (χ0v) is 10.3. The SMILES string of the molecule is OC1(CNCC2CCNCC2)CCCCC1. The largest absolute Gasteiger partial charge is 0.389 e. The van der Waals surface area contributed by atoms with Gasteiger partial charge in [0, 0.05) is 6.54 Å². The molecule has 0 aromatic heterocycles. The van der Waals surface area contributed by atoms with Gasteiger partial charge in [-0.2, -0.15) is 0 Å². The minimum Gasteiger partial charge on any atom is -0.389 e. The lowest BCUT2D eigenvalue weighted by atomic mass is 9.84. The summed E-state index contributed by atoms with van der Waals surface area (Å²) in [7, 11) is 0. The van der Waals surface area contributed by atoms with Crippen molar-refractivity contribution in [3.63, 3.8) is 0 Å². The fraction of sp³-hybridized carbons (Fsp3) is 1.00. The van der Waals surface area contributed by atoms with Crippen molar-refractivity contribution in [3.8, 4) is 0 Å². The molecule has 94 valence electrons. The molecule has 0 bridgehead atoms. The van der Waals surface area contributed by atoms with Gasteiger partial charge in [0.25, 0.3) is 0 Å². The van der Waals surface area contributed by atoms with Crippen molar-refractivity contribution in [1.82, 2.24) is 10.6 Å². The topological polar surface area (TPSA) is 44.3 Å². The van der Waals surface area contributed by atoms with Crippen LogP contribution in [0.5, 0.6) is 0 Å². The first-order chi connectivity index (χ1) is 7.79. The van der Waals surface area contributed by atoms with E-state index in [0.717, 1.165) is 44.9 Å². The molecule has 3 heteroatoms. The van der Waals surface area contributed by atoms with Gasteiger partial charge in [0.15, 0.2) is 0 Å². The van der Waals surface area contributed by atoms with Crippen LogP contribution in [0.2, 0.25) is 0 Å². The van der Waals surface area contributed by atoms with Crippen LogP contribution in [0.1, 0.15) is 44.9 Å². The monoisotopic (exact) mass is 226 g/mol. The molecule has 1 heterocycles. The number of aliphatic hydroxyl groups is 1. The van der Waals surface area contributed by atoms with E-state index in [9.17, 15) is 5.11 Å². The molecule has 2 aliphatic rings. The van der Waals surface area contributed by atoms with E-state index >= 15 is 0 Å². The Bertz CT molecular complexity index is 196. The molecule has 0 aromatic carbocycles. The summed E-state index contributed by atoms with van der Waals surface area (Å²) in [6.45, 7) is 4.22. The molecule has 0 amide bonds. The van der Waals surface area contributed by atoms with Crippen molar-refractivity contribution in [2.45, 2.75) is 50.5 Å². The summed E-state index contributed by atoms with van der Waals surface area (Å²) in [6.07, 6.45) is 8.25. The second-order valence-electron chi connectivity index (χ2n) is 5.61. The van der Waals surface area contributed by atoms with Crippen LogP contribution in [-0.2, 0) is 0 Å². The number of hydrogen-bond donors (Lipinski definition) is 3. The fourth-order valence-electron chi connectivity index (χ4n) is 2.98. The van der Waals surface area contributed by atoms with Crippen molar-refractivity contribution in [2.75, 3.05) is 26.2 Å². The smallest absolute Gasteiger partial charge is 0.0771 e. The maximum atomic E-state index is 10.3. The zero-order valence-electron chi connectivity index (χ0n) is 10.3. The van der Waals surface area contributed by atoms with Crippen LogP contribution >= 0.6 is 0 Å². The van der Waals surface area contributed by atoms with Crippen LogP contribution in [0.4, 0.5) is 0 Å². The molecule has 1 aliphatic heterocycles. The molecule has 3 nitrogen and oxygen atoms in total. The highest BCUT2D eigenvalue weighted by Gasteiger charge is 2.28. The van der Waals surface area contributed by atoms with Crippen molar-refractivity contribution < 1.29 is 5.11 Å². The third-order valence-electron chi connectivity index (χ3n) is 4.13. The molecule has 0 aromatic rings. The number of hydrogen-bond acceptors (Lipinski definition) is 3. The Morgan fingerprint density at radius 3 is 2.50 bits per heavy atom. The second kappa shape index (κ2) is 5.99. The zero-order chi connectivity index (χ0) is 11.3. The van der Waals surface area contributed by atoms with E-state index in [0.29, 0.717) is 0 Å². The van der Waals surface area contributed by atoms with Crippen LogP contribution in [-0.4, -0.2) is 36.9 Å². The van der Waals surface area contributed by atoms with Crippen LogP contribution in [0.25, 0.3) is 0 Å². The minimum atomic E-state index is -0.398. The Morgan fingerprint density at radius 1 is 1.12 bits per heavy atom. The molecule has 2 fully saturated rings. The van der Waals surface area contributed by atoms with Crippen LogP contribution < -0.4 is 10.6 Å². The van der Waals surface area contributed by atoms with E-state index in [2.05, 4.69) is 10.6 Å². The maximum Gasteiger partial charge on any atom is 0.0771 e. The van der Waals surface area contributed by atoms with Gasteiger partial charge in [-0.1, -0.05) is 19.3 Å². The maximum absolute atomic E-state index is 10.3. The number of rotatable bonds is 4. The van der Waals surface area contributed by atoms with Gasteiger partial charge in [0.1, 0.15) is 0 Å². The van der Waals surface area contributed by atoms with Gasteiger partial charge in [-0.3, -0.25) is 0 Å². The molecule has 0 atom stereocenters. The number of piperidine rings is 1. The highest BCUT2D eigenvalue weighted by Crippen LogP contribution is 2.27. The summed E-state index contributed by atoms with van der Waals surface area (Å²) in [4.78, 5) is 0. The predicted molar refractivity (Wildman–Crippen MR) is 66.5 cm³/mol. The standard InChI is InChI=1S/C13H26N2O/c16-13(6-2-1-3-7-13)11-15-10-12-4-8-14-9-5-12/h12,14-16H,1-11H2. The molecule has 3 N–H and O–H groups in total. The molecular weight excluding hydrogens is 200 g/mol. The highest BCUT2D eigenvalue weighted by molar-refractivity contribution is 4.85. The lowest BCUT2D eigenvalue weighted by Crippen LogP contribution is -2.44. The van der Waals surface area contributed by atoms with Gasteiger partial charge in [-0.05, 0) is 51.2 Å². The Morgan fingerprint density at radius 2 is 1.81 bits per heavy atom. The number of nitrogens with one attached hydrogen (secondary N) is 2. The molecular formula is C13H26N2O. The van der Waals surface area contributed by atoms with Gasteiger partial charge in [0.2, 0.25) is 0 Å². The summed E-state index contributed by atoms with van der Waals surface area (Å²) in [6, 6.07) is 0. The second-order valence-corrected chi connectivity index (χ2v) is 5.61. The van der Waals surface area contributed by atoms with Gasteiger partial charge >= 0.3 is 0 Å². The summed E-state index contributed by atoms with van der Waals surface area (Å²) >= 11 is 0. The summed E-state index contributed by atoms with van der Waals surface area (Å²) < 4.78 is 0. The van der Waals surface area contributed by atoms with Crippen molar-refractivity contribution >= 4 is 0 Å². The molecule has 0 spiro atoms. The van der Waals surface area contributed by atoms with Gasteiger partial charge in [-0.25, -0.2) is 0 Å². The molecule has 2 rings (SSSR count). The quantitative estimate of drug-likeness (QED) is 0.676. The van der Waals surface area contributed by atoms with E-state index in [1.807, 2.05) is 0 Å². The van der Waals surface area contributed by atoms with Gasteiger partial charge < -0.3 is 15.7 Å². The van der Waals surface area contributed by atoms with E-state index in [1.54, 1.807) is 0 Å². The Labute approximate surface area is 99.0 Å². The molecule has 1 saturated heterocycles. The lowest BCUT2D eigenvalue weighted by molar-refractivity contribution is 0.00411. The fourth-order valence-corrected chi connectivity index (χ4v) is 2.98. The summed E-state index contributed by atoms with van der Waals surface area (Å²) in [5, 5.41) is 17.2. The molecule has 1 saturated carbocycles. The Hall–Kier alpha value is -0.120. The molecule has 1 aliphatic carbocycles. The van der Waals surface area contributed by atoms with Crippen LogP contribution in [0.15, 0.2) is 0 Å². The van der Waals surface area contributed by atoms with E-state index < -0.39 is 5.60 Å². The van der Waals surface area contributed by atoms with E-state index in [1.165, 1.54) is 32.1 Å². The molecule has 0 unspecified atom stereocenters. The molecule has 0 radical (unpaired) electrons. The average molecular weight is 226 g/mol. The third-order valence-corrected chi connectivity index (χ3v) is 4.13. The first-order valence-corrected chi connectivity index (χ1v) is 6.92. The van der Waals surface area contributed by atoms with Gasteiger partial charge in [0.05, 0.1) is 5.60 Å². The Balaban J connectivity index is 1.62. The highest BCUT2D eigenvalue weighted by atomic mass is 16.3. The summed E-state index contributed by atoms with van der Waals surface area (Å²) in [5.41, 5.74) is -0.398. The first kappa shape index (κ1) is 12.3. The minimum absolute atomic E-state index is 0.398.